The second kappa shape index (κ2) is 5.29. The molecule has 0 aliphatic heterocycles. The molecule has 2 heterocycles. The fourth-order valence-electron chi connectivity index (χ4n) is 1.21. The van der Waals surface area contributed by atoms with Gasteiger partial charge in [0, 0.05) is 12.3 Å². The van der Waals surface area contributed by atoms with Crippen molar-refractivity contribution >= 4 is 41.0 Å². The Morgan fingerprint density at radius 3 is 2.42 bits per heavy atom. The first-order valence-electron chi connectivity index (χ1n) is 4.92. The minimum atomic E-state index is -1.10. The molecule has 5 N–H and O–H groups in total. The van der Waals surface area contributed by atoms with Crippen LogP contribution in [0, 0.1) is 0 Å². The number of halogens is 1. The number of pyridine rings is 1. The number of nitrogens with zero attached hydrogens (tertiary/aromatic N) is 3. The molecule has 0 aliphatic rings. The van der Waals surface area contributed by atoms with E-state index in [1.807, 2.05) is 0 Å². The summed E-state index contributed by atoms with van der Waals surface area (Å²) < 4.78 is 0. The van der Waals surface area contributed by atoms with E-state index in [4.69, 9.17) is 28.2 Å². The van der Waals surface area contributed by atoms with Gasteiger partial charge >= 0.3 is 5.97 Å². The summed E-state index contributed by atoms with van der Waals surface area (Å²) in [7, 11) is 0. The molecule has 0 bridgehead atoms. The van der Waals surface area contributed by atoms with Crippen LogP contribution in [0.1, 0.15) is 10.4 Å². The molecule has 0 fully saturated rings. The van der Waals surface area contributed by atoms with Crippen molar-refractivity contribution in [2.24, 2.45) is 0 Å². The number of carboxylic acids is 1. The second-order valence-electron chi connectivity index (χ2n) is 3.42. The number of carbonyl (C=O) groups is 1. The predicted octanol–water partition coefficient (Wildman–Crippen LogP) is 1.54. The van der Waals surface area contributed by atoms with Crippen LogP contribution in [-0.2, 0) is 0 Å². The van der Waals surface area contributed by atoms with Crippen LogP contribution < -0.4 is 11.5 Å². The maximum absolute atomic E-state index is 10.7. The summed E-state index contributed by atoms with van der Waals surface area (Å²) in [6.45, 7) is 0. The number of aromatic carboxylic acids is 1. The first kappa shape index (κ1) is 13.4. The van der Waals surface area contributed by atoms with Gasteiger partial charge in [0.15, 0.2) is 5.16 Å². The fraction of sp³-hybridized carbons (Fsp3) is 0. The monoisotopic (exact) mass is 297 g/mol. The van der Waals surface area contributed by atoms with Gasteiger partial charge in [-0.1, -0.05) is 11.6 Å². The van der Waals surface area contributed by atoms with Crippen LogP contribution in [-0.4, -0.2) is 26.0 Å². The van der Waals surface area contributed by atoms with Crippen LogP contribution in [0.25, 0.3) is 0 Å². The number of rotatable bonds is 3. The third kappa shape index (κ3) is 3.24. The van der Waals surface area contributed by atoms with Gasteiger partial charge in [0.25, 0.3) is 0 Å². The minimum absolute atomic E-state index is 0.00218. The lowest BCUT2D eigenvalue weighted by molar-refractivity contribution is 0.0696. The lowest BCUT2D eigenvalue weighted by atomic mass is 10.3. The molecule has 0 saturated heterocycles. The van der Waals surface area contributed by atoms with Crippen molar-refractivity contribution in [3.05, 3.63) is 28.9 Å². The number of hydrogen-bond donors (Lipinski definition) is 3. The molecule has 2 rings (SSSR count). The highest BCUT2D eigenvalue weighted by molar-refractivity contribution is 7.99. The van der Waals surface area contributed by atoms with Gasteiger partial charge in [-0.05, 0) is 17.8 Å². The Balaban J connectivity index is 2.30. The Morgan fingerprint density at radius 1 is 1.26 bits per heavy atom. The highest BCUT2D eigenvalue weighted by Crippen LogP contribution is 2.30. The van der Waals surface area contributed by atoms with Crippen molar-refractivity contribution in [1.29, 1.82) is 0 Å². The minimum Gasteiger partial charge on any atom is -0.478 e. The van der Waals surface area contributed by atoms with E-state index in [1.54, 1.807) is 0 Å². The highest BCUT2D eigenvalue weighted by atomic mass is 35.5. The number of hydrogen-bond acceptors (Lipinski definition) is 7. The lowest BCUT2D eigenvalue weighted by Gasteiger charge is -2.04. The highest BCUT2D eigenvalue weighted by Gasteiger charge is 2.11. The molecule has 0 aliphatic carbocycles. The number of nitrogen functional groups attached to an aromatic ring is 2. The number of carboxylic acid groups (broad SMARTS) is 1. The van der Waals surface area contributed by atoms with Gasteiger partial charge < -0.3 is 16.6 Å². The molecule has 0 unspecified atom stereocenters. The van der Waals surface area contributed by atoms with E-state index in [2.05, 4.69) is 15.0 Å². The third-order valence-corrected chi connectivity index (χ3v) is 3.27. The van der Waals surface area contributed by atoms with E-state index in [0.717, 1.165) is 11.8 Å². The average molecular weight is 298 g/mol. The normalized spacial score (nSPS) is 10.4. The largest absolute Gasteiger partial charge is 0.478 e. The van der Waals surface area contributed by atoms with Gasteiger partial charge in [0.2, 0.25) is 0 Å². The van der Waals surface area contributed by atoms with E-state index in [9.17, 15) is 4.79 Å². The Kier molecular flexibility index (Phi) is 3.72. The van der Waals surface area contributed by atoms with Gasteiger partial charge in [-0.15, -0.1) is 0 Å². The smallest absolute Gasteiger partial charge is 0.337 e. The van der Waals surface area contributed by atoms with Gasteiger partial charge in [-0.3, -0.25) is 0 Å². The van der Waals surface area contributed by atoms with Crippen molar-refractivity contribution in [3.63, 3.8) is 0 Å². The van der Waals surface area contributed by atoms with E-state index < -0.39 is 5.97 Å². The molecular formula is C10H8ClN5O2S. The SMILES string of the molecule is Nc1cc(N)nc(Sc2ncc(C(=O)O)cc2Cl)n1. The Morgan fingerprint density at radius 2 is 1.89 bits per heavy atom. The third-order valence-electron chi connectivity index (χ3n) is 1.99. The topological polar surface area (TPSA) is 128 Å². The molecule has 2 aromatic heterocycles. The quantitative estimate of drug-likeness (QED) is 0.728. The molecule has 7 nitrogen and oxygen atoms in total. The van der Waals surface area contributed by atoms with Crippen molar-refractivity contribution < 1.29 is 9.90 Å². The molecule has 0 amide bonds. The van der Waals surface area contributed by atoms with Gasteiger partial charge in [0.05, 0.1) is 10.6 Å². The summed E-state index contributed by atoms with van der Waals surface area (Å²) in [5.74, 6) is -0.642. The van der Waals surface area contributed by atoms with E-state index >= 15 is 0 Å². The zero-order valence-electron chi connectivity index (χ0n) is 9.37. The molecular weight excluding hydrogens is 290 g/mol. The summed E-state index contributed by atoms with van der Waals surface area (Å²) in [5, 5.41) is 9.65. The van der Waals surface area contributed by atoms with Crippen molar-refractivity contribution in [2.75, 3.05) is 11.5 Å². The molecule has 98 valence electrons. The molecule has 19 heavy (non-hydrogen) atoms. The number of nitrogens with two attached hydrogens (primary N) is 2. The van der Waals surface area contributed by atoms with Crippen LogP contribution >= 0.6 is 23.4 Å². The van der Waals surface area contributed by atoms with Crippen LogP contribution in [0.15, 0.2) is 28.5 Å². The Hall–Kier alpha value is -2.06. The molecule has 0 saturated carbocycles. The van der Waals surface area contributed by atoms with E-state index in [0.29, 0.717) is 5.03 Å². The van der Waals surface area contributed by atoms with Crippen molar-refractivity contribution in [2.45, 2.75) is 10.2 Å². The van der Waals surface area contributed by atoms with Crippen LogP contribution in [0.5, 0.6) is 0 Å². The summed E-state index contributed by atoms with van der Waals surface area (Å²) in [6.07, 6.45) is 1.20. The predicted molar refractivity (Wildman–Crippen MR) is 71.2 cm³/mol. The number of aromatic nitrogens is 3. The Labute approximate surface area is 117 Å². The van der Waals surface area contributed by atoms with Crippen LogP contribution in [0.2, 0.25) is 5.02 Å². The van der Waals surface area contributed by atoms with E-state index in [1.165, 1.54) is 18.3 Å². The molecule has 9 heteroatoms. The Bertz CT molecular complexity index is 632. The summed E-state index contributed by atoms with van der Waals surface area (Å²) in [4.78, 5) is 22.6. The van der Waals surface area contributed by atoms with Crippen molar-refractivity contribution in [3.8, 4) is 0 Å². The fourth-order valence-corrected chi connectivity index (χ4v) is 2.23. The molecule has 0 spiro atoms. The molecule has 2 aromatic rings. The summed E-state index contributed by atoms with van der Waals surface area (Å²) in [6, 6.07) is 2.72. The zero-order valence-corrected chi connectivity index (χ0v) is 10.9. The van der Waals surface area contributed by atoms with Gasteiger partial charge in [-0.2, -0.15) is 0 Å². The first-order valence-corrected chi connectivity index (χ1v) is 6.12. The number of anilines is 2. The molecule has 0 aromatic carbocycles. The maximum Gasteiger partial charge on any atom is 0.337 e. The summed E-state index contributed by atoms with van der Waals surface area (Å²) >= 11 is 6.98. The second-order valence-corrected chi connectivity index (χ2v) is 4.78. The zero-order chi connectivity index (χ0) is 14.0. The molecule has 0 atom stereocenters. The van der Waals surface area contributed by atoms with E-state index in [-0.39, 0.29) is 27.4 Å². The lowest BCUT2D eigenvalue weighted by Crippen LogP contribution is -2.00. The summed E-state index contributed by atoms with van der Waals surface area (Å²) in [5.41, 5.74) is 11.1. The molecule has 0 radical (unpaired) electrons. The van der Waals surface area contributed by atoms with Crippen LogP contribution in [0.4, 0.5) is 11.6 Å². The van der Waals surface area contributed by atoms with Crippen LogP contribution in [0.3, 0.4) is 0 Å². The maximum atomic E-state index is 10.7. The standard InChI is InChI=1S/C10H8ClN5O2S/c11-5-1-4(9(17)18)3-14-8(5)19-10-15-6(12)2-7(13)16-10/h1-3H,(H,17,18)(H4,12,13,15,16). The van der Waals surface area contributed by atoms with Gasteiger partial charge in [0.1, 0.15) is 16.7 Å². The van der Waals surface area contributed by atoms with Gasteiger partial charge in [-0.25, -0.2) is 19.7 Å². The first-order chi connectivity index (χ1) is 8.95. The van der Waals surface area contributed by atoms with Crippen molar-refractivity contribution in [1.82, 2.24) is 15.0 Å². The average Bonchev–Trinajstić information content (AvgIpc) is 2.30.